The topological polar surface area (TPSA) is 96.0 Å². The highest BCUT2D eigenvalue weighted by molar-refractivity contribution is 7.92. The molecule has 0 saturated carbocycles. The number of carbonyl (C=O) groups excluding carboxylic acids is 2. The fourth-order valence-corrected chi connectivity index (χ4v) is 6.79. The van der Waals surface area contributed by atoms with Gasteiger partial charge in [-0.25, -0.2) is 8.42 Å². The van der Waals surface area contributed by atoms with Crippen LogP contribution in [0.4, 0.5) is 5.69 Å². The molecule has 0 fully saturated rings. The largest absolute Gasteiger partial charge is 0.497 e. The summed E-state index contributed by atoms with van der Waals surface area (Å²) in [6.07, 6.45) is 0.169. The number of ether oxygens (including phenoxy) is 1. The zero-order valence-electron chi connectivity index (χ0n) is 25.5. The van der Waals surface area contributed by atoms with Crippen LogP contribution in [0, 0.1) is 0 Å². The molecule has 0 bridgehead atoms. The number of hydrogen-bond acceptors (Lipinski definition) is 5. The average Bonchev–Trinajstić information content (AvgIpc) is 3.03. The van der Waals surface area contributed by atoms with Crippen molar-refractivity contribution >= 4 is 62.3 Å². The normalized spacial score (nSPS) is 12.0. The van der Waals surface area contributed by atoms with Crippen LogP contribution in [0.1, 0.15) is 25.0 Å². The monoisotopic (exact) mass is 701 g/mol. The van der Waals surface area contributed by atoms with E-state index in [0.29, 0.717) is 26.4 Å². The number of rotatable bonds is 13. The number of methoxy groups -OCH3 is 1. The third kappa shape index (κ3) is 8.94. The van der Waals surface area contributed by atoms with E-state index in [1.165, 1.54) is 60.5 Å². The van der Waals surface area contributed by atoms with Crippen LogP contribution in [-0.4, -0.2) is 50.9 Å². The van der Waals surface area contributed by atoms with Crippen molar-refractivity contribution in [3.8, 4) is 5.75 Å². The van der Waals surface area contributed by atoms with Crippen LogP contribution >= 0.6 is 34.8 Å². The minimum Gasteiger partial charge on any atom is -0.497 e. The highest BCUT2D eigenvalue weighted by Gasteiger charge is 2.35. The summed E-state index contributed by atoms with van der Waals surface area (Å²) in [5.74, 6) is -0.551. The van der Waals surface area contributed by atoms with Crippen molar-refractivity contribution in [1.29, 1.82) is 0 Å². The molecule has 1 N–H and O–H groups in total. The van der Waals surface area contributed by atoms with Crippen molar-refractivity contribution in [3.63, 3.8) is 0 Å². The van der Waals surface area contributed by atoms with Crippen molar-refractivity contribution in [3.05, 3.63) is 123 Å². The first kappa shape index (κ1) is 35.1. The molecule has 4 aromatic rings. The number of nitrogens with one attached hydrogen (secondary N) is 1. The molecule has 0 spiro atoms. The smallest absolute Gasteiger partial charge is 0.264 e. The molecule has 12 heteroatoms. The summed E-state index contributed by atoms with van der Waals surface area (Å²) in [7, 11) is -2.81. The summed E-state index contributed by atoms with van der Waals surface area (Å²) >= 11 is 18.8. The molecule has 8 nitrogen and oxygen atoms in total. The molecule has 0 aliphatic carbocycles. The molecule has 4 aromatic carbocycles. The minimum absolute atomic E-state index is 0.0540. The van der Waals surface area contributed by atoms with Gasteiger partial charge in [-0.1, -0.05) is 71.2 Å². The molecule has 242 valence electrons. The van der Waals surface area contributed by atoms with E-state index in [1.54, 1.807) is 18.2 Å². The second-order valence-corrected chi connectivity index (χ2v) is 13.9. The van der Waals surface area contributed by atoms with E-state index in [2.05, 4.69) is 5.32 Å². The third-order valence-corrected chi connectivity index (χ3v) is 9.73. The van der Waals surface area contributed by atoms with Crippen molar-refractivity contribution in [2.45, 2.75) is 43.8 Å². The summed E-state index contributed by atoms with van der Waals surface area (Å²) in [6, 6.07) is 24.9. The van der Waals surface area contributed by atoms with Gasteiger partial charge in [0.05, 0.1) is 17.7 Å². The van der Waals surface area contributed by atoms with Crippen LogP contribution in [0.25, 0.3) is 0 Å². The lowest BCUT2D eigenvalue weighted by atomic mass is 10.0. The molecule has 0 saturated heterocycles. The zero-order chi connectivity index (χ0) is 33.4. The van der Waals surface area contributed by atoms with E-state index in [0.717, 1.165) is 9.87 Å². The van der Waals surface area contributed by atoms with E-state index < -0.39 is 34.4 Å². The van der Waals surface area contributed by atoms with Gasteiger partial charge in [0.1, 0.15) is 18.3 Å². The number of amides is 2. The van der Waals surface area contributed by atoms with Crippen molar-refractivity contribution < 1.29 is 22.7 Å². The first-order valence-corrected chi connectivity index (χ1v) is 17.0. The van der Waals surface area contributed by atoms with Gasteiger partial charge >= 0.3 is 0 Å². The number of hydrogen-bond donors (Lipinski definition) is 1. The maximum atomic E-state index is 14.5. The van der Waals surface area contributed by atoms with Crippen LogP contribution in [0.15, 0.2) is 102 Å². The number of nitrogens with zero attached hydrogens (tertiary/aromatic N) is 2. The van der Waals surface area contributed by atoms with E-state index in [4.69, 9.17) is 39.5 Å². The van der Waals surface area contributed by atoms with Gasteiger partial charge in [0, 0.05) is 34.1 Å². The summed E-state index contributed by atoms with van der Waals surface area (Å²) < 4.78 is 34.5. The second-order valence-electron chi connectivity index (χ2n) is 10.8. The predicted octanol–water partition coefficient (Wildman–Crippen LogP) is 7.02. The van der Waals surface area contributed by atoms with Crippen LogP contribution in [0.5, 0.6) is 5.75 Å². The maximum absolute atomic E-state index is 14.5. The highest BCUT2D eigenvalue weighted by atomic mass is 35.5. The molecular weight excluding hydrogens is 669 g/mol. The Labute approximate surface area is 284 Å². The van der Waals surface area contributed by atoms with Crippen LogP contribution in [-0.2, 0) is 32.6 Å². The van der Waals surface area contributed by atoms with Gasteiger partial charge < -0.3 is 15.0 Å². The lowest BCUT2D eigenvalue weighted by Crippen LogP contribution is -2.54. The van der Waals surface area contributed by atoms with Gasteiger partial charge in [-0.15, -0.1) is 0 Å². The van der Waals surface area contributed by atoms with E-state index >= 15 is 0 Å². The van der Waals surface area contributed by atoms with Crippen LogP contribution in [0.2, 0.25) is 15.1 Å². The Morgan fingerprint density at radius 3 is 2.07 bits per heavy atom. The first-order valence-electron chi connectivity index (χ1n) is 14.4. The quantitative estimate of drug-likeness (QED) is 0.162. The van der Waals surface area contributed by atoms with E-state index in [-0.39, 0.29) is 29.6 Å². The van der Waals surface area contributed by atoms with Gasteiger partial charge in [0.15, 0.2) is 0 Å². The average molecular weight is 703 g/mol. The third-order valence-electron chi connectivity index (χ3n) is 7.10. The Bertz CT molecular complexity index is 1750. The summed E-state index contributed by atoms with van der Waals surface area (Å²) in [5, 5.41) is 4.02. The number of halogens is 3. The number of benzene rings is 4. The van der Waals surface area contributed by atoms with Crippen molar-refractivity contribution in [1.82, 2.24) is 10.2 Å². The van der Waals surface area contributed by atoms with Crippen molar-refractivity contribution in [2.24, 2.45) is 0 Å². The SMILES string of the molecule is COc1ccc(S(=O)(=O)N(CC(=O)N(Cc2ccc(Cl)cc2Cl)C(Cc2ccccc2)C(=O)NC(C)C)c2ccc(Cl)cc2)cc1. The van der Waals surface area contributed by atoms with Gasteiger partial charge in [0.25, 0.3) is 10.0 Å². The zero-order valence-corrected chi connectivity index (χ0v) is 28.6. The van der Waals surface area contributed by atoms with Gasteiger partial charge in [-0.2, -0.15) is 0 Å². The first-order chi connectivity index (χ1) is 21.9. The Morgan fingerprint density at radius 2 is 1.48 bits per heavy atom. The Balaban J connectivity index is 1.82. The lowest BCUT2D eigenvalue weighted by molar-refractivity contribution is -0.140. The minimum atomic E-state index is -4.29. The molecule has 1 unspecified atom stereocenters. The molecule has 4 rings (SSSR count). The molecule has 0 aromatic heterocycles. The highest BCUT2D eigenvalue weighted by Crippen LogP contribution is 2.28. The summed E-state index contributed by atoms with van der Waals surface area (Å²) in [5.41, 5.74) is 1.56. The molecule has 0 radical (unpaired) electrons. The Hall–Kier alpha value is -3.76. The van der Waals surface area contributed by atoms with Gasteiger partial charge in [-0.3, -0.25) is 13.9 Å². The standard InChI is InChI=1S/C34H34Cl3N3O5S/c1-23(2)38-34(42)32(19-24-7-5-4-6-8-24)39(21-25-9-10-27(36)20-31(25)37)33(41)22-40(28-13-11-26(35)12-14-28)46(43,44)30-17-15-29(45-3)16-18-30/h4-18,20,23,32H,19,21-22H2,1-3H3,(H,38,42). The molecule has 46 heavy (non-hydrogen) atoms. The maximum Gasteiger partial charge on any atom is 0.264 e. The predicted molar refractivity (Wildman–Crippen MR) is 183 cm³/mol. The summed E-state index contributed by atoms with van der Waals surface area (Å²) in [4.78, 5) is 29.6. The molecule has 2 amide bonds. The Morgan fingerprint density at radius 1 is 0.848 bits per heavy atom. The van der Waals surface area contributed by atoms with Gasteiger partial charge in [0.2, 0.25) is 11.8 Å². The molecule has 0 aliphatic rings. The molecule has 0 heterocycles. The Kier molecular flexibility index (Phi) is 12.0. The van der Waals surface area contributed by atoms with Crippen molar-refractivity contribution in [2.75, 3.05) is 18.0 Å². The summed E-state index contributed by atoms with van der Waals surface area (Å²) in [6.45, 7) is 2.93. The van der Waals surface area contributed by atoms with E-state index in [1.807, 2.05) is 44.2 Å². The van der Waals surface area contributed by atoms with Gasteiger partial charge in [-0.05, 0) is 85.6 Å². The second kappa shape index (κ2) is 15.7. The fourth-order valence-electron chi connectivity index (χ4n) is 4.78. The van der Waals surface area contributed by atoms with Crippen LogP contribution < -0.4 is 14.4 Å². The fraction of sp³-hybridized carbons (Fsp3) is 0.235. The molecule has 1 atom stereocenters. The lowest BCUT2D eigenvalue weighted by Gasteiger charge is -2.34. The van der Waals surface area contributed by atoms with E-state index in [9.17, 15) is 18.0 Å². The van der Waals surface area contributed by atoms with Crippen LogP contribution in [0.3, 0.4) is 0 Å². The number of carbonyl (C=O) groups is 2. The molecular formula is C34H34Cl3N3O5S. The molecule has 0 aliphatic heterocycles. The number of anilines is 1. The number of sulfonamides is 1.